The van der Waals surface area contributed by atoms with Crippen LogP contribution < -0.4 is 4.90 Å². The van der Waals surface area contributed by atoms with Gasteiger partial charge in [-0.1, -0.05) is 18.2 Å². The molecule has 0 saturated heterocycles. The molecule has 0 heterocycles. The van der Waals surface area contributed by atoms with Crippen LogP contribution in [-0.2, 0) is 9.53 Å². The second-order valence-corrected chi connectivity index (χ2v) is 4.74. The van der Waals surface area contributed by atoms with E-state index < -0.39 is 18.6 Å². The van der Waals surface area contributed by atoms with Gasteiger partial charge < -0.3 is 9.84 Å². The summed E-state index contributed by atoms with van der Waals surface area (Å²) in [6, 6.07) is 8.68. The normalized spacial score (nSPS) is 15.6. The molecule has 0 aliphatic heterocycles. The monoisotopic (exact) mass is 263 g/mol. The van der Waals surface area contributed by atoms with Gasteiger partial charge in [-0.3, -0.25) is 9.69 Å². The van der Waals surface area contributed by atoms with Gasteiger partial charge in [0.05, 0.1) is 0 Å². The van der Waals surface area contributed by atoms with Crippen LogP contribution in [0.2, 0.25) is 0 Å². The highest BCUT2D eigenvalue weighted by Gasteiger charge is 2.32. The van der Waals surface area contributed by atoms with Gasteiger partial charge in [0.1, 0.15) is 12.6 Å². The first-order valence-corrected chi connectivity index (χ1v) is 6.33. The summed E-state index contributed by atoms with van der Waals surface area (Å²) in [5, 5.41) is 8.90. The maximum absolute atomic E-state index is 12.1. The molecular formula is C14H17NO4. The highest BCUT2D eigenvalue weighted by molar-refractivity contribution is 5.93. The second kappa shape index (κ2) is 5.73. The van der Waals surface area contributed by atoms with E-state index in [2.05, 4.69) is 0 Å². The minimum Gasteiger partial charge on any atom is -0.480 e. The number of carbonyl (C=O) groups is 2. The molecule has 0 spiro atoms. The molecule has 1 aliphatic rings. The molecule has 5 nitrogen and oxygen atoms in total. The number of amides is 1. The van der Waals surface area contributed by atoms with Crippen LogP contribution in [0, 0.1) is 5.92 Å². The predicted molar refractivity (Wildman–Crippen MR) is 70.1 cm³/mol. The number of aliphatic carboxylic acids is 1. The van der Waals surface area contributed by atoms with Crippen molar-refractivity contribution in [3.8, 4) is 0 Å². The summed E-state index contributed by atoms with van der Waals surface area (Å²) in [5.74, 6) is -0.647. The number of hydrogen-bond donors (Lipinski definition) is 1. The van der Waals surface area contributed by atoms with E-state index in [9.17, 15) is 9.59 Å². The van der Waals surface area contributed by atoms with Crippen LogP contribution in [0.25, 0.3) is 0 Å². The Hall–Kier alpha value is -2.04. The van der Waals surface area contributed by atoms with E-state index in [0.29, 0.717) is 11.6 Å². The smallest absolute Gasteiger partial charge is 0.415 e. The Labute approximate surface area is 111 Å². The third-order valence-electron chi connectivity index (χ3n) is 3.15. The van der Waals surface area contributed by atoms with Gasteiger partial charge in [0.25, 0.3) is 0 Å². The molecular weight excluding hydrogens is 246 g/mol. The molecule has 0 aromatic heterocycles. The van der Waals surface area contributed by atoms with Gasteiger partial charge in [-0.15, -0.1) is 0 Å². The second-order valence-electron chi connectivity index (χ2n) is 4.74. The highest BCUT2D eigenvalue weighted by atomic mass is 16.6. The van der Waals surface area contributed by atoms with Crippen molar-refractivity contribution in [1.82, 2.24) is 0 Å². The first-order chi connectivity index (χ1) is 9.08. The maximum atomic E-state index is 12.1. The lowest BCUT2D eigenvalue weighted by Gasteiger charge is -2.22. The van der Waals surface area contributed by atoms with Crippen molar-refractivity contribution in [2.24, 2.45) is 5.92 Å². The number of hydrogen-bond acceptors (Lipinski definition) is 3. The van der Waals surface area contributed by atoms with Crippen LogP contribution in [0.4, 0.5) is 10.5 Å². The van der Waals surface area contributed by atoms with Gasteiger partial charge in [0.15, 0.2) is 0 Å². The SMILES string of the molecule is CC(OC(=O)N(CC(=O)O)c1ccccc1)C1CC1. The number of carboxylic acid groups (broad SMARTS) is 1. The Morgan fingerprint density at radius 1 is 1.37 bits per heavy atom. The average Bonchev–Trinajstić information content (AvgIpc) is 3.20. The molecule has 1 aromatic rings. The number of para-hydroxylation sites is 1. The van der Waals surface area contributed by atoms with Crippen LogP contribution >= 0.6 is 0 Å². The molecule has 1 aromatic carbocycles. The van der Waals surface area contributed by atoms with E-state index in [-0.39, 0.29) is 6.10 Å². The highest BCUT2D eigenvalue weighted by Crippen LogP contribution is 2.34. The molecule has 1 saturated carbocycles. The van der Waals surface area contributed by atoms with Gasteiger partial charge >= 0.3 is 12.1 Å². The quantitative estimate of drug-likeness (QED) is 0.886. The zero-order valence-corrected chi connectivity index (χ0v) is 10.8. The minimum atomic E-state index is -1.07. The fraction of sp³-hybridized carbons (Fsp3) is 0.429. The van der Waals surface area contributed by atoms with Crippen molar-refractivity contribution in [3.05, 3.63) is 30.3 Å². The molecule has 1 amide bonds. The summed E-state index contributed by atoms with van der Waals surface area (Å²) in [6.07, 6.45) is 1.37. The van der Waals surface area contributed by atoms with Gasteiger partial charge in [-0.25, -0.2) is 4.79 Å². The first-order valence-electron chi connectivity index (χ1n) is 6.33. The Bertz CT molecular complexity index is 456. The molecule has 1 atom stereocenters. The Kier molecular flexibility index (Phi) is 4.04. The zero-order valence-electron chi connectivity index (χ0n) is 10.8. The number of rotatable bonds is 5. The van der Waals surface area contributed by atoms with Crippen LogP contribution in [0.1, 0.15) is 19.8 Å². The predicted octanol–water partition coefficient (Wildman–Crippen LogP) is 2.51. The fourth-order valence-corrected chi connectivity index (χ4v) is 1.89. The largest absolute Gasteiger partial charge is 0.480 e. The van der Waals surface area contributed by atoms with Crippen LogP contribution in [-0.4, -0.2) is 29.8 Å². The fourth-order valence-electron chi connectivity index (χ4n) is 1.89. The molecule has 1 fully saturated rings. The van der Waals surface area contributed by atoms with E-state index in [0.717, 1.165) is 17.7 Å². The van der Waals surface area contributed by atoms with Gasteiger partial charge in [-0.2, -0.15) is 0 Å². The number of benzene rings is 1. The lowest BCUT2D eigenvalue weighted by molar-refractivity contribution is -0.135. The summed E-state index contributed by atoms with van der Waals surface area (Å²) in [5.41, 5.74) is 0.526. The molecule has 1 unspecified atom stereocenters. The van der Waals surface area contributed by atoms with Gasteiger partial charge in [-0.05, 0) is 37.8 Å². The van der Waals surface area contributed by atoms with Crippen LogP contribution in [0.5, 0.6) is 0 Å². The maximum Gasteiger partial charge on any atom is 0.415 e. The standard InChI is InChI=1S/C14H17NO4/c1-10(11-7-8-11)19-14(18)15(9-13(16)17)12-5-3-2-4-6-12/h2-6,10-11H,7-9H2,1H3,(H,16,17). The third-order valence-corrected chi connectivity index (χ3v) is 3.15. The van der Waals surface area contributed by atoms with E-state index in [4.69, 9.17) is 9.84 Å². The summed E-state index contributed by atoms with van der Waals surface area (Å²) in [4.78, 5) is 24.1. The van der Waals surface area contributed by atoms with Crippen molar-refractivity contribution in [2.45, 2.75) is 25.9 Å². The molecule has 1 aliphatic carbocycles. The molecule has 2 rings (SSSR count). The number of ether oxygens (including phenoxy) is 1. The molecule has 0 bridgehead atoms. The van der Waals surface area contributed by atoms with Crippen LogP contribution in [0.3, 0.4) is 0 Å². The lowest BCUT2D eigenvalue weighted by Crippen LogP contribution is -2.38. The van der Waals surface area contributed by atoms with Crippen molar-refractivity contribution in [1.29, 1.82) is 0 Å². The molecule has 102 valence electrons. The molecule has 1 N–H and O–H groups in total. The van der Waals surface area contributed by atoms with E-state index >= 15 is 0 Å². The number of anilines is 1. The molecule has 5 heteroatoms. The number of carbonyl (C=O) groups excluding carboxylic acids is 1. The van der Waals surface area contributed by atoms with Crippen molar-refractivity contribution in [2.75, 3.05) is 11.4 Å². The number of nitrogens with zero attached hydrogens (tertiary/aromatic N) is 1. The minimum absolute atomic E-state index is 0.160. The summed E-state index contributed by atoms with van der Waals surface area (Å²) < 4.78 is 5.32. The first kappa shape index (κ1) is 13.4. The average molecular weight is 263 g/mol. The van der Waals surface area contributed by atoms with Crippen molar-refractivity contribution >= 4 is 17.7 Å². The summed E-state index contributed by atoms with van der Waals surface area (Å²) in [6.45, 7) is 1.44. The van der Waals surface area contributed by atoms with Gasteiger partial charge in [0.2, 0.25) is 0 Å². The van der Waals surface area contributed by atoms with E-state index in [1.165, 1.54) is 0 Å². The Balaban J connectivity index is 2.08. The summed E-state index contributed by atoms with van der Waals surface area (Å²) in [7, 11) is 0. The molecule has 0 radical (unpaired) electrons. The molecule has 19 heavy (non-hydrogen) atoms. The van der Waals surface area contributed by atoms with E-state index in [1.807, 2.05) is 6.92 Å². The van der Waals surface area contributed by atoms with Gasteiger partial charge in [0, 0.05) is 5.69 Å². The lowest BCUT2D eigenvalue weighted by atomic mass is 10.2. The van der Waals surface area contributed by atoms with E-state index in [1.54, 1.807) is 30.3 Å². The van der Waals surface area contributed by atoms with Crippen LogP contribution in [0.15, 0.2) is 30.3 Å². The number of carboxylic acids is 1. The third kappa shape index (κ3) is 3.71. The van der Waals surface area contributed by atoms with Crippen molar-refractivity contribution in [3.63, 3.8) is 0 Å². The Morgan fingerprint density at radius 2 is 2.00 bits per heavy atom. The topological polar surface area (TPSA) is 66.8 Å². The Morgan fingerprint density at radius 3 is 2.53 bits per heavy atom. The summed E-state index contributed by atoms with van der Waals surface area (Å²) >= 11 is 0. The van der Waals surface area contributed by atoms with Crippen molar-refractivity contribution < 1.29 is 19.4 Å². The zero-order chi connectivity index (χ0) is 13.8.